The van der Waals surface area contributed by atoms with E-state index in [1.54, 1.807) is 29.4 Å². The van der Waals surface area contributed by atoms with Crippen molar-refractivity contribution in [2.75, 3.05) is 26.2 Å². The summed E-state index contributed by atoms with van der Waals surface area (Å²) in [5.41, 5.74) is 2.08. The van der Waals surface area contributed by atoms with Gasteiger partial charge in [0.1, 0.15) is 11.5 Å². The van der Waals surface area contributed by atoms with Gasteiger partial charge in [0, 0.05) is 44.5 Å². The number of pyridine rings is 2. The lowest BCUT2D eigenvalue weighted by molar-refractivity contribution is -0.138. The van der Waals surface area contributed by atoms with Gasteiger partial charge in [0.2, 0.25) is 5.91 Å². The summed E-state index contributed by atoms with van der Waals surface area (Å²) < 4.78 is 0. The molecule has 2 aliphatic rings. The van der Waals surface area contributed by atoms with E-state index in [4.69, 9.17) is 0 Å². The van der Waals surface area contributed by atoms with Crippen LogP contribution in [0, 0.1) is 5.92 Å². The van der Waals surface area contributed by atoms with Crippen molar-refractivity contribution in [3.8, 4) is 0 Å². The monoisotopic (exact) mass is 418 g/mol. The molecule has 160 valence electrons. The van der Waals surface area contributed by atoms with E-state index < -0.39 is 0 Å². The molecule has 0 radical (unpaired) electrons. The van der Waals surface area contributed by atoms with E-state index in [1.165, 1.54) is 0 Å². The zero-order chi connectivity index (χ0) is 21.2. The van der Waals surface area contributed by atoms with E-state index in [0.29, 0.717) is 25.3 Å². The fraction of sp³-hybridized carbons (Fsp3) is 0.435. The summed E-state index contributed by atoms with van der Waals surface area (Å²) in [6.45, 7) is 2.56. The molecule has 2 fully saturated rings. The third-order valence-corrected chi connectivity index (χ3v) is 6.34. The number of amides is 2. The lowest BCUT2D eigenvalue weighted by atomic mass is 9.92. The van der Waals surface area contributed by atoms with E-state index in [-0.39, 0.29) is 23.7 Å². The smallest absolute Gasteiger partial charge is 0.272 e. The first kappa shape index (κ1) is 19.7. The molecule has 2 amide bonds. The Morgan fingerprint density at radius 3 is 2.61 bits per heavy atom. The van der Waals surface area contributed by atoms with Crippen LogP contribution in [-0.4, -0.2) is 67.7 Å². The number of aromatic amines is 1. The zero-order valence-electron chi connectivity index (χ0n) is 17.4. The Labute approximate surface area is 180 Å². The number of carbonyl (C=O) groups excluding carboxylic acids is 2. The van der Waals surface area contributed by atoms with Gasteiger partial charge >= 0.3 is 0 Å². The second-order valence-corrected chi connectivity index (χ2v) is 8.43. The molecule has 0 aromatic carbocycles. The fourth-order valence-electron chi connectivity index (χ4n) is 4.73. The first-order valence-corrected chi connectivity index (χ1v) is 11.0. The molecule has 0 saturated carbocycles. The van der Waals surface area contributed by atoms with Crippen molar-refractivity contribution < 1.29 is 9.59 Å². The maximum Gasteiger partial charge on any atom is 0.272 e. The van der Waals surface area contributed by atoms with Crippen LogP contribution < -0.4 is 0 Å². The molecular weight excluding hydrogens is 392 g/mol. The third kappa shape index (κ3) is 4.02. The zero-order valence-corrected chi connectivity index (χ0v) is 17.4. The van der Waals surface area contributed by atoms with Gasteiger partial charge in [-0.05, 0) is 49.9 Å². The standard InChI is InChI=1S/C23H26N6O2/c30-22(17-7-5-13-29(15-17)23(31)19-8-1-2-10-24-19)28-12-4-6-16(14-28)20-26-18-9-3-11-25-21(18)27-20/h1-3,8-11,16-17H,4-7,12-15H2,(H,25,26,27). The summed E-state index contributed by atoms with van der Waals surface area (Å²) in [6.07, 6.45) is 6.97. The van der Waals surface area contributed by atoms with Gasteiger partial charge in [-0.3, -0.25) is 14.6 Å². The highest BCUT2D eigenvalue weighted by molar-refractivity contribution is 5.92. The number of nitrogens with one attached hydrogen (secondary N) is 1. The Kier molecular flexibility index (Phi) is 5.36. The number of hydrogen-bond donors (Lipinski definition) is 1. The van der Waals surface area contributed by atoms with Gasteiger partial charge in [0.15, 0.2) is 5.65 Å². The third-order valence-electron chi connectivity index (χ3n) is 6.34. The minimum atomic E-state index is -0.155. The first-order chi connectivity index (χ1) is 15.2. The number of carbonyl (C=O) groups is 2. The molecular formula is C23H26N6O2. The minimum absolute atomic E-state index is 0.0932. The molecule has 0 aliphatic carbocycles. The molecule has 5 rings (SSSR count). The highest BCUT2D eigenvalue weighted by Crippen LogP contribution is 2.29. The maximum absolute atomic E-state index is 13.3. The second kappa shape index (κ2) is 8.45. The summed E-state index contributed by atoms with van der Waals surface area (Å²) in [6, 6.07) is 9.20. The van der Waals surface area contributed by atoms with Crippen LogP contribution in [0.25, 0.3) is 11.2 Å². The van der Waals surface area contributed by atoms with Gasteiger partial charge in [0.25, 0.3) is 5.91 Å². The van der Waals surface area contributed by atoms with E-state index in [0.717, 1.165) is 49.2 Å². The molecule has 3 aromatic rings. The van der Waals surface area contributed by atoms with Gasteiger partial charge in [-0.15, -0.1) is 0 Å². The minimum Gasteiger partial charge on any atom is -0.342 e. The van der Waals surface area contributed by atoms with Crippen LogP contribution in [0.4, 0.5) is 0 Å². The van der Waals surface area contributed by atoms with Crippen molar-refractivity contribution in [2.24, 2.45) is 5.92 Å². The summed E-state index contributed by atoms with van der Waals surface area (Å²) in [5.74, 6) is 0.989. The van der Waals surface area contributed by atoms with Crippen molar-refractivity contribution in [3.05, 3.63) is 54.2 Å². The molecule has 8 nitrogen and oxygen atoms in total. The van der Waals surface area contributed by atoms with E-state index in [2.05, 4.69) is 19.9 Å². The van der Waals surface area contributed by atoms with E-state index >= 15 is 0 Å². The number of fused-ring (bicyclic) bond motifs is 1. The fourth-order valence-corrected chi connectivity index (χ4v) is 4.73. The highest BCUT2D eigenvalue weighted by Gasteiger charge is 2.34. The average molecular weight is 419 g/mol. The number of H-pyrrole nitrogens is 1. The normalized spacial score (nSPS) is 21.9. The number of likely N-dealkylation sites (tertiary alicyclic amines) is 2. The molecule has 8 heteroatoms. The topological polar surface area (TPSA) is 95.1 Å². The molecule has 5 heterocycles. The van der Waals surface area contributed by atoms with Crippen LogP contribution in [-0.2, 0) is 4.79 Å². The van der Waals surface area contributed by atoms with Gasteiger partial charge in [-0.2, -0.15) is 0 Å². The van der Waals surface area contributed by atoms with Crippen LogP contribution in [0.1, 0.15) is 47.9 Å². The molecule has 2 atom stereocenters. The lowest BCUT2D eigenvalue weighted by Gasteiger charge is -2.38. The summed E-state index contributed by atoms with van der Waals surface area (Å²) in [7, 11) is 0. The van der Waals surface area contributed by atoms with Crippen LogP contribution in [0.3, 0.4) is 0 Å². The van der Waals surface area contributed by atoms with Crippen molar-refractivity contribution in [1.82, 2.24) is 29.7 Å². The molecule has 2 saturated heterocycles. The second-order valence-electron chi connectivity index (χ2n) is 8.43. The maximum atomic E-state index is 13.3. The number of aromatic nitrogens is 4. The molecule has 3 aromatic heterocycles. The number of nitrogens with zero attached hydrogens (tertiary/aromatic N) is 5. The van der Waals surface area contributed by atoms with E-state index in [1.807, 2.05) is 23.1 Å². The van der Waals surface area contributed by atoms with Crippen molar-refractivity contribution in [3.63, 3.8) is 0 Å². The van der Waals surface area contributed by atoms with Crippen LogP contribution >= 0.6 is 0 Å². The van der Waals surface area contributed by atoms with Gasteiger partial charge < -0.3 is 14.8 Å². The number of piperidine rings is 2. The molecule has 0 bridgehead atoms. The Morgan fingerprint density at radius 1 is 0.935 bits per heavy atom. The van der Waals surface area contributed by atoms with Crippen LogP contribution in [0.15, 0.2) is 42.7 Å². The molecule has 2 unspecified atom stereocenters. The average Bonchev–Trinajstić information content (AvgIpc) is 3.28. The predicted molar refractivity (Wildman–Crippen MR) is 115 cm³/mol. The van der Waals surface area contributed by atoms with Crippen LogP contribution in [0.2, 0.25) is 0 Å². The largest absolute Gasteiger partial charge is 0.342 e. The van der Waals surface area contributed by atoms with Crippen molar-refractivity contribution in [1.29, 1.82) is 0 Å². The van der Waals surface area contributed by atoms with Crippen LogP contribution in [0.5, 0.6) is 0 Å². The molecule has 31 heavy (non-hydrogen) atoms. The Morgan fingerprint density at radius 2 is 1.77 bits per heavy atom. The van der Waals surface area contributed by atoms with Crippen molar-refractivity contribution in [2.45, 2.75) is 31.6 Å². The summed E-state index contributed by atoms with van der Waals surface area (Å²) in [5, 5.41) is 0. The Hall–Kier alpha value is -3.29. The number of hydrogen-bond acceptors (Lipinski definition) is 5. The van der Waals surface area contributed by atoms with E-state index in [9.17, 15) is 9.59 Å². The van der Waals surface area contributed by atoms with Gasteiger partial charge in [-0.1, -0.05) is 6.07 Å². The molecule has 2 aliphatic heterocycles. The lowest BCUT2D eigenvalue weighted by Crippen LogP contribution is -2.49. The predicted octanol–water partition coefficient (Wildman–Crippen LogP) is 2.61. The Balaban J connectivity index is 1.26. The summed E-state index contributed by atoms with van der Waals surface area (Å²) >= 11 is 0. The summed E-state index contributed by atoms with van der Waals surface area (Å²) in [4.78, 5) is 46.4. The number of imidazole rings is 1. The quantitative estimate of drug-likeness (QED) is 0.705. The number of rotatable bonds is 3. The molecule has 1 N–H and O–H groups in total. The first-order valence-electron chi connectivity index (χ1n) is 11.0. The Bertz CT molecular complexity index is 1050. The molecule has 0 spiro atoms. The van der Waals surface area contributed by atoms with Gasteiger partial charge in [-0.25, -0.2) is 9.97 Å². The van der Waals surface area contributed by atoms with Gasteiger partial charge in [0.05, 0.1) is 11.4 Å². The van der Waals surface area contributed by atoms with Crippen molar-refractivity contribution >= 4 is 23.0 Å². The SMILES string of the molecule is O=C(c1ccccn1)N1CCCC(C(=O)N2CCCC(c3nc4ncccc4[nH]3)C2)C1. The highest BCUT2D eigenvalue weighted by atomic mass is 16.2.